The molecular weight excluding hydrogens is 273 g/mol. The first kappa shape index (κ1) is 14.9. The monoisotopic (exact) mass is 289 g/mol. The summed E-state index contributed by atoms with van der Waals surface area (Å²) in [5, 5.41) is 2.73. The van der Waals surface area contributed by atoms with Gasteiger partial charge in [0.25, 0.3) is 5.91 Å². The molecule has 0 bridgehead atoms. The zero-order valence-corrected chi connectivity index (χ0v) is 12.1. The molecule has 5 nitrogen and oxygen atoms in total. The van der Waals surface area contributed by atoms with E-state index in [1.807, 2.05) is 0 Å². The molecule has 0 fully saturated rings. The average molecular weight is 289 g/mol. The molecule has 1 amide bonds. The summed E-state index contributed by atoms with van der Waals surface area (Å²) in [7, 11) is 1.40. The van der Waals surface area contributed by atoms with Crippen molar-refractivity contribution in [3.05, 3.63) is 52.9 Å². The lowest BCUT2D eigenvalue weighted by Crippen LogP contribution is -2.24. The zero-order valence-electron chi connectivity index (χ0n) is 12.1. The van der Waals surface area contributed by atoms with Gasteiger partial charge in [-0.15, -0.1) is 0 Å². The largest absolute Gasteiger partial charge is 0.494 e. The summed E-state index contributed by atoms with van der Waals surface area (Å²) < 4.78 is 18.2. The number of aryl methyl sites for hydroxylation is 2. The molecule has 0 atom stereocenters. The van der Waals surface area contributed by atoms with Gasteiger partial charge in [-0.05, 0) is 37.6 Å². The highest BCUT2D eigenvalue weighted by atomic mass is 19.1. The first-order chi connectivity index (χ1) is 9.99. The standard InChI is InChI=1S/C15H16FN3O2/c1-9-6-13(19-10(2)18-9)15(20)17-8-11-4-5-12(16)14(7-11)21-3/h4-7H,8H2,1-3H3,(H,17,20). The number of benzene rings is 1. The van der Waals surface area contributed by atoms with E-state index in [0.29, 0.717) is 11.5 Å². The zero-order chi connectivity index (χ0) is 15.4. The van der Waals surface area contributed by atoms with Crippen LogP contribution < -0.4 is 10.1 Å². The normalized spacial score (nSPS) is 10.3. The van der Waals surface area contributed by atoms with Gasteiger partial charge in [0.2, 0.25) is 0 Å². The van der Waals surface area contributed by atoms with Crippen molar-refractivity contribution in [1.29, 1.82) is 0 Å². The van der Waals surface area contributed by atoms with Crippen LogP contribution in [-0.4, -0.2) is 23.0 Å². The van der Waals surface area contributed by atoms with Crippen molar-refractivity contribution in [1.82, 2.24) is 15.3 Å². The Morgan fingerprint density at radius 3 is 2.71 bits per heavy atom. The maximum atomic E-state index is 13.3. The fourth-order valence-corrected chi connectivity index (χ4v) is 1.92. The Bertz CT molecular complexity index is 654. The number of hydrogen-bond donors (Lipinski definition) is 1. The number of nitrogens with one attached hydrogen (secondary N) is 1. The summed E-state index contributed by atoms with van der Waals surface area (Å²) in [6, 6.07) is 6.06. The molecule has 1 aromatic heterocycles. The third-order valence-electron chi connectivity index (χ3n) is 2.87. The van der Waals surface area contributed by atoms with Gasteiger partial charge in [0.1, 0.15) is 11.5 Å². The topological polar surface area (TPSA) is 64.1 Å². The van der Waals surface area contributed by atoms with Crippen LogP contribution >= 0.6 is 0 Å². The van der Waals surface area contributed by atoms with Crippen molar-refractivity contribution in [3.63, 3.8) is 0 Å². The first-order valence-electron chi connectivity index (χ1n) is 6.42. The molecule has 0 saturated carbocycles. The van der Waals surface area contributed by atoms with Gasteiger partial charge >= 0.3 is 0 Å². The lowest BCUT2D eigenvalue weighted by Gasteiger charge is -2.08. The van der Waals surface area contributed by atoms with Crippen LogP contribution in [0.25, 0.3) is 0 Å². The highest BCUT2D eigenvalue weighted by Gasteiger charge is 2.10. The predicted octanol–water partition coefficient (Wildman–Crippen LogP) is 2.17. The number of amides is 1. The molecule has 0 aliphatic rings. The number of aromatic nitrogens is 2. The maximum Gasteiger partial charge on any atom is 0.270 e. The number of ether oxygens (including phenoxy) is 1. The van der Waals surface area contributed by atoms with Crippen molar-refractivity contribution in [2.75, 3.05) is 7.11 Å². The van der Waals surface area contributed by atoms with Crippen LogP contribution in [0.1, 0.15) is 27.6 Å². The van der Waals surface area contributed by atoms with E-state index in [9.17, 15) is 9.18 Å². The molecule has 1 heterocycles. The highest BCUT2D eigenvalue weighted by Crippen LogP contribution is 2.18. The third kappa shape index (κ3) is 3.75. The van der Waals surface area contributed by atoms with Crippen LogP contribution in [0.4, 0.5) is 4.39 Å². The van der Waals surface area contributed by atoms with E-state index in [1.165, 1.54) is 13.2 Å². The van der Waals surface area contributed by atoms with Gasteiger partial charge in [-0.1, -0.05) is 6.07 Å². The van der Waals surface area contributed by atoms with Crippen LogP contribution in [0.15, 0.2) is 24.3 Å². The molecule has 1 N–H and O–H groups in total. The minimum absolute atomic E-state index is 0.149. The molecule has 0 aliphatic carbocycles. The Hall–Kier alpha value is -2.50. The summed E-state index contributed by atoms with van der Waals surface area (Å²) in [6.07, 6.45) is 0. The molecule has 21 heavy (non-hydrogen) atoms. The minimum Gasteiger partial charge on any atom is -0.494 e. The number of rotatable bonds is 4. The fraction of sp³-hybridized carbons (Fsp3) is 0.267. The van der Waals surface area contributed by atoms with Crippen LogP contribution in [0.2, 0.25) is 0 Å². The molecule has 0 spiro atoms. The predicted molar refractivity (Wildman–Crippen MR) is 75.6 cm³/mol. The Kier molecular flexibility index (Phi) is 4.47. The SMILES string of the molecule is COc1cc(CNC(=O)c2cc(C)nc(C)n2)ccc1F. The number of halogens is 1. The molecule has 0 radical (unpaired) electrons. The molecule has 2 rings (SSSR count). The van der Waals surface area contributed by atoms with E-state index in [1.54, 1.807) is 32.0 Å². The van der Waals surface area contributed by atoms with Crippen molar-refractivity contribution in [2.24, 2.45) is 0 Å². The van der Waals surface area contributed by atoms with Crippen molar-refractivity contribution < 1.29 is 13.9 Å². The number of carbonyl (C=O) groups is 1. The molecule has 1 aromatic carbocycles. The fourth-order valence-electron chi connectivity index (χ4n) is 1.92. The van der Waals surface area contributed by atoms with Gasteiger partial charge in [0.15, 0.2) is 11.6 Å². The van der Waals surface area contributed by atoms with Gasteiger partial charge in [-0.3, -0.25) is 4.79 Å². The van der Waals surface area contributed by atoms with Gasteiger partial charge in [0.05, 0.1) is 7.11 Å². The number of hydrogen-bond acceptors (Lipinski definition) is 4. The lowest BCUT2D eigenvalue weighted by molar-refractivity contribution is 0.0945. The molecule has 2 aromatic rings. The van der Waals surface area contributed by atoms with Crippen molar-refractivity contribution in [2.45, 2.75) is 20.4 Å². The quantitative estimate of drug-likeness (QED) is 0.937. The second-order valence-electron chi connectivity index (χ2n) is 4.59. The smallest absolute Gasteiger partial charge is 0.270 e. The average Bonchev–Trinajstić information content (AvgIpc) is 2.45. The van der Waals surface area contributed by atoms with E-state index >= 15 is 0 Å². The van der Waals surface area contributed by atoms with E-state index in [4.69, 9.17) is 4.74 Å². The van der Waals surface area contributed by atoms with Gasteiger partial charge in [0, 0.05) is 12.2 Å². The van der Waals surface area contributed by atoms with E-state index in [-0.39, 0.29) is 18.2 Å². The third-order valence-corrected chi connectivity index (χ3v) is 2.87. The molecule has 110 valence electrons. The summed E-state index contributed by atoms with van der Waals surface area (Å²) in [5.41, 5.74) is 1.79. The van der Waals surface area contributed by atoms with Crippen LogP contribution in [0.3, 0.4) is 0 Å². The molecule has 0 unspecified atom stereocenters. The summed E-state index contributed by atoms with van der Waals surface area (Å²) in [4.78, 5) is 20.2. The Morgan fingerprint density at radius 1 is 1.29 bits per heavy atom. The van der Waals surface area contributed by atoms with Gasteiger partial charge in [-0.25, -0.2) is 14.4 Å². The van der Waals surface area contributed by atoms with Gasteiger partial charge < -0.3 is 10.1 Å². The highest BCUT2D eigenvalue weighted by molar-refractivity contribution is 5.92. The van der Waals surface area contributed by atoms with Crippen molar-refractivity contribution >= 4 is 5.91 Å². The van der Waals surface area contributed by atoms with Gasteiger partial charge in [-0.2, -0.15) is 0 Å². The van der Waals surface area contributed by atoms with E-state index in [0.717, 1.165) is 11.3 Å². The van der Waals surface area contributed by atoms with Crippen LogP contribution in [0, 0.1) is 19.7 Å². The van der Waals surface area contributed by atoms with E-state index < -0.39 is 5.82 Å². The second-order valence-corrected chi connectivity index (χ2v) is 4.59. The summed E-state index contributed by atoms with van der Waals surface area (Å²) >= 11 is 0. The second kappa shape index (κ2) is 6.30. The molecular formula is C15H16FN3O2. The Morgan fingerprint density at radius 2 is 2.05 bits per heavy atom. The minimum atomic E-state index is -0.436. The summed E-state index contributed by atoms with van der Waals surface area (Å²) in [5.74, 6) is -0.0411. The van der Waals surface area contributed by atoms with Crippen LogP contribution in [0.5, 0.6) is 5.75 Å². The first-order valence-corrected chi connectivity index (χ1v) is 6.42. The Balaban J connectivity index is 2.07. The summed E-state index contributed by atoms with van der Waals surface area (Å²) in [6.45, 7) is 3.79. The molecule has 0 aliphatic heterocycles. The number of methoxy groups -OCH3 is 1. The lowest BCUT2D eigenvalue weighted by atomic mass is 10.2. The number of carbonyl (C=O) groups excluding carboxylic acids is 1. The molecule has 0 saturated heterocycles. The van der Waals surface area contributed by atoms with E-state index in [2.05, 4.69) is 15.3 Å². The van der Waals surface area contributed by atoms with Crippen LogP contribution in [-0.2, 0) is 6.54 Å². The Labute approximate surface area is 122 Å². The number of nitrogens with zero attached hydrogens (tertiary/aromatic N) is 2. The maximum absolute atomic E-state index is 13.3. The molecule has 6 heteroatoms. The van der Waals surface area contributed by atoms with Crippen molar-refractivity contribution in [3.8, 4) is 5.75 Å².